The fourth-order valence-electron chi connectivity index (χ4n) is 3.76. The van der Waals surface area contributed by atoms with Gasteiger partial charge in [0.2, 0.25) is 0 Å². The number of fused-ring (bicyclic) bond motifs is 1. The fourth-order valence-corrected chi connectivity index (χ4v) is 5.35. The highest BCUT2D eigenvalue weighted by Gasteiger charge is 2.21. The van der Waals surface area contributed by atoms with Crippen LogP contribution in [0.3, 0.4) is 0 Å². The van der Waals surface area contributed by atoms with Gasteiger partial charge in [-0.2, -0.15) is 0 Å². The average molecular weight is 459 g/mol. The molecular formula is C28H46N2OS. The molecule has 2 unspecified atom stereocenters. The first-order valence-corrected chi connectivity index (χ1v) is 13.8. The van der Waals surface area contributed by atoms with E-state index in [-0.39, 0.29) is 0 Å². The van der Waals surface area contributed by atoms with Crippen molar-refractivity contribution in [2.75, 3.05) is 11.5 Å². The minimum absolute atomic E-state index is 0.469. The van der Waals surface area contributed by atoms with Crippen LogP contribution in [0, 0.1) is 18.8 Å². The lowest BCUT2D eigenvalue weighted by Gasteiger charge is -2.09. The molecule has 0 amide bonds. The Bertz CT molecular complexity index is 874. The SMILES string of the molecule is CC.CC(C)CC1CCS(=O)C1.CC(C)c1cc2ccccc2[nH]1.CCc1ccc(C)[nH]1. The molecule has 0 saturated carbocycles. The molecule has 2 aromatic heterocycles. The minimum Gasteiger partial charge on any atom is -0.363 e. The molecule has 4 heteroatoms. The lowest BCUT2D eigenvalue weighted by atomic mass is 9.97. The Balaban J connectivity index is 0.000000235. The third-order valence-corrected chi connectivity index (χ3v) is 6.96. The van der Waals surface area contributed by atoms with E-state index in [2.05, 4.69) is 94.0 Å². The lowest BCUT2D eigenvalue weighted by Crippen LogP contribution is -2.03. The molecular weight excluding hydrogens is 412 g/mol. The van der Waals surface area contributed by atoms with Gasteiger partial charge in [-0.15, -0.1) is 0 Å². The van der Waals surface area contributed by atoms with Gasteiger partial charge in [0.15, 0.2) is 0 Å². The van der Waals surface area contributed by atoms with Gasteiger partial charge in [0.25, 0.3) is 0 Å². The molecule has 1 saturated heterocycles. The standard InChI is InChI=1S/C11H13N.C8H16OS.C7H11N.C2H6/c1-8(2)11-7-9-5-3-4-6-10(9)12-11;1-7(2)5-8-3-4-10(9)6-8;1-3-7-5-4-6(2)8-7;1-2/h3-8,12H,1-2H3;7-8H,3-6H2,1-2H3;4-5,8H,3H2,1-2H3;1-2H3. The fraction of sp³-hybridized carbons (Fsp3) is 0.571. The maximum atomic E-state index is 10.9. The third-order valence-electron chi connectivity index (χ3n) is 5.43. The number of aryl methyl sites for hydroxylation is 2. The zero-order chi connectivity index (χ0) is 24.1. The van der Waals surface area contributed by atoms with E-state index in [0.717, 1.165) is 29.8 Å². The van der Waals surface area contributed by atoms with Crippen LogP contribution < -0.4 is 0 Å². The van der Waals surface area contributed by atoms with E-state index in [0.29, 0.717) is 5.92 Å². The van der Waals surface area contributed by atoms with Crippen LogP contribution in [0.5, 0.6) is 0 Å². The second kappa shape index (κ2) is 15.1. The van der Waals surface area contributed by atoms with Crippen LogP contribution >= 0.6 is 0 Å². The van der Waals surface area contributed by atoms with Crippen LogP contribution in [0.4, 0.5) is 0 Å². The van der Waals surface area contributed by atoms with Crippen molar-refractivity contribution < 1.29 is 4.21 Å². The maximum absolute atomic E-state index is 10.9. The summed E-state index contributed by atoms with van der Waals surface area (Å²) in [6.07, 6.45) is 3.57. The van der Waals surface area contributed by atoms with Crippen molar-refractivity contribution in [2.45, 2.75) is 80.6 Å². The van der Waals surface area contributed by atoms with Crippen LogP contribution in [0.1, 0.15) is 84.3 Å². The predicted molar refractivity (Wildman–Crippen MR) is 144 cm³/mol. The average Bonchev–Trinajstić information content (AvgIpc) is 3.49. The molecule has 0 aliphatic carbocycles. The number of para-hydroxylation sites is 1. The Labute approximate surface area is 199 Å². The zero-order valence-corrected chi connectivity index (χ0v) is 22.4. The second-order valence-electron chi connectivity index (χ2n) is 9.08. The Hall–Kier alpha value is -1.81. The van der Waals surface area contributed by atoms with E-state index in [1.54, 1.807) is 0 Å². The van der Waals surface area contributed by atoms with Crippen molar-refractivity contribution >= 4 is 21.7 Å². The van der Waals surface area contributed by atoms with E-state index in [4.69, 9.17) is 0 Å². The Morgan fingerprint density at radius 3 is 2.16 bits per heavy atom. The summed E-state index contributed by atoms with van der Waals surface area (Å²) in [5, 5.41) is 1.31. The van der Waals surface area contributed by atoms with Crippen molar-refractivity contribution in [2.24, 2.45) is 11.8 Å². The molecule has 4 rings (SSSR count). The molecule has 3 aromatic rings. The van der Waals surface area contributed by atoms with Crippen LogP contribution in [0.2, 0.25) is 0 Å². The van der Waals surface area contributed by atoms with Gasteiger partial charge in [-0.3, -0.25) is 4.21 Å². The Kier molecular flexibility index (Phi) is 13.3. The molecule has 2 atom stereocenters. The number of nitrogens with one attached hydrogen (secondary N) is 2. The van der Waals surface area contributed by atoms with Crippen LogP contribution in [-0.4, -0.2) is 25.7 Å². The molecule has 3 nitrogen and oxygen atoms in total. The number of aromatic amines is 2. The molecule has 1 aliphatic heterocycles. The van der Waals surface area contributed by atoms with Crippen LogP contribution in [0.15, 0.2) is 42.5 Å². The van der Waals surface area contributed by atoms with E-state index in [9.17, 15) is 4.21 Å². The molecule has 0 bridgehead atoms. The molecule has 0 radical (unpaired) electrons. The number of hydrogen-bond donors (Lipinski definition) is 2. The Morgan fingerprint density at radius 2 is 1.72 bits per heavy atom. The minimum atomic E-state index is -0.469. The van der Waals surface area contributed by atoms with Gasteiger partial charge < -0.3 is 9.97 Å². The summed E-state index contributed by atoms with van der Waals surface area (Å²) < 4.78 is 10.9. The first kappa shape index (κ1) is 28.2. The van der Waals surface area contributed by atoms with Crippen LogP contribution in [0.25, 0.3) is 10.9 Å². The normalized spacial score (nSPS) is 17.3. The number of hydrogen-bond acceptors (Lipinski definition) is 1. The summed E-state index contributed by atoms with van der Waals surface area (Å²) in [5.74, 6) is 4.05. The summed E-state index contributed by atoms with van der Waals surface area (Å²) in [4.78, 5) is 6.62. The molecule has 1 aliphatic rings. The lowest BCUT2D eigenvalue weighted by molar-refractivity contribution is 0.447. The Morgan fingerprint density at radius 1 is 1.03 bits per heavy atom. The summed E-state index contributed by atoms with van der Waals surface area (Å²) in [6, 6.07) is 14.8. The molecule has 1 fully saturated rings. The van der Waals surface area contributed by atoms with Crippen molar-refractivity contribution in [1.82, 2.24) is 9.97 Å². The van der Waals surface area contributed by atoms with Crippen LogP contribution in [-0.2, 0) is 17.2 Å². The molecule has 180 valence electrons. The first-order valence-electron chi connectivity index (χ1n) is 12.4. The zero-order valence-electron chi connectivity index (χ0n) is 21.6. The summed E-state index contributed by atoms with van der Waals surface area (Å²) >= 11 is 0. The van der Waals surface area contributed by atoms with Gasteiger partial charge in [-0.1, -0.05) is 66.7 Å². The second-order valence-corrected chi connectivity index (χ2v) is 10.7. The number of benzene rings is 1. The van der Waals surface area contributed by atoms with E-state index >= 15 is 0 Å². The van der Waals surface area contributed by atoms with Gasteiger partial charge in [-0.25, -0.2) is 0 Å². The highest BCUT2D eigenvalue weighted by molar-refractivity contribution is 7.85. The molecule has 1 aromatic carbocycles. The smallest absolute Gasteiger partial charge is 0.0456 e. The molecule has 2 N–H and O–H groups in total. The topological polar surface area (TPSA) is 48.6 Å². The van der Waals surface area contributed by atoms with E-state index < -0.39 is 10.8 Å². The van der Waals surface area contributed by atoms with Gasteiger partial charge in [0.1, 0.15) is 0 Å². The third kappa shape index (κ3) is 10.2. The molecule has 0 spiro atoms. The quantitative estimate of drug-likeness (QED) is 0.409. The number of H-pyrrole nitrogens is 2. The number of aromatic nitrogens is 2. The van der Waals surface area contributed by atoms with Gasteiger partial charge in [0, 0.05) is 44.9 Å². The van der Waals surface area contributed by atoms with Gasteiger partial charge in [-0.05, 0) is 73.6 Å². The van der Waals surface area contributed by atoms with Crippen molar-refractivity contribution in [1.29, 1.82) is 0 Å². The van der Waals surface area contributed by atoms with Gasteiger partial charge in [0.05, 0.1) is 0 Å². The molecule has 32 heavy (non-hydrogen) atoms. The van der Waals surface area contributed by atoms with Gasteiger partial charge >= 0.3 is 0 Å². The number of rotatable bonds is 4. The predicted octanol–water partition coefficient (Wildman–Crippen LogP) is 8.00. The first-order chi connectivity index (χ1) is 15.3. The largest absolute Gasteiger partial charge is 0.363 e. The summed E-state index contributed by atoms with van der Waals surface area (Å²) in [7, 11) is -0.469. The highest BCUT2D eigenvalue weighted by atomic mass is 32.2. The van der Waals surface area contributed by atoms with Crippen molar-refractivity contribution in [3.8, 4) is 0 Å². The monoisotopic (exact) mass is 458 g/mol. The van der Waals surface area contributed by atoms with Crippen molar-refractivity contribution in [3.05, 3.63) is 59.5 Å². The molecule has 3 heterocycles. The summed E-state index contributed by atoms with van der Waals surface area (Å²) in [5.41, 5.74) is 5.13. The van der Waals surface area contributed by atoms with E-state index in [1.165, 1.54) is 40.8 Å². The highest BCUT2D eigenvalue weighted by Crippen LogP contribution is 2.22. The summed E-state index contributed by atoms with van der Waals surface area (Å²) in [6.45, 7) is 17.1. The maximum Gasteiger partial charge on any atom is 0.0456 e. The van der Waals surface area contributed by atoms with E-state index in [1.807, 2.05) is 13.8 Å². The van der Waals surface area contributed by atoms with Crippen molar-refractivity contribution in [3.63, 3.8) is 0 Å².